The van der Waals surface area contributed by atoms with Gasteiger partial charge in [-0.3, -0.25) is 0 Å². The summed E-state index contributed by atoms with van der Waals surface area (Å²) in [6.45, 7) is 2.74. The van der Waals surface area contributed by atoms with Crippen LogP contribution in [0.3, 0.4) is 0 Å². The second kappa shape index (κ2) is 6.66. The van der Waals surface area contributed by atoms with Gasteiger partial charge in [0.1, 0.15) is 6.23 Å². The molecule has 3 unspecified atom stereocenters. The summed E-state index contributed by atoms with van der Waals surface area (Å²) in [7, 11) is -2.95. The van der Waals surface area contributed by atoms with Crippen LogP contribution in [0.15, 0.2) is 0 Å². The largest absolute Gasteiger partial charge is 0.378 e. The molecule has 0 spiro atoms. The summed E-state index contributed by atoms with van der Waals surface area (Å²) in [6.07, 6.45) is -0.490. The highest BCUT2D eigenvalue weighted by atomic mass is 35.5. The number of nitrogens with zero attached hydrogens (tertiary/aromatic N) is 1. The standard InChI is InChI=1S/C8H18Cl2N2O3P/c1-7-6-8(13)11-16(14,15-7)12(4-2-9)5-3-10/h7-8,11,13-14H,2-6H2,1H3. The number of aliphatic hydroxyl groups excluding tert-OH is 1. The van der Waals surface area contributed by atoms with Crippen molar-refractivity contribution < 1.29 is 14.5 Å². The van der Waals surface area contributed by atoms with E-state index in [0.717, 1.165) is 0 Å². The zero-order valence-corrected chi connectivity index (χ0v) is 11.5. The molecule has 1 fully saturated rings. The van der Waals surface area contributed by atoms with Gasteiger partial charge in [-0.15, -0.1) is 23.2 Å². The third-order valence-electron chi connectivity index (χ3n) is 2.27. The number of nitrogens with one attached hydrogen (secondary N) is 1. The monoisotopic (exact) mass is 291 g/mol. The van der Waals surface area contributed by atoms with Crippen molar-refractivity contribution in [1.29, 1.82) is 0 Å². The highest BCUT2D eigenvalue weighted by Crippen LogP contribution is 2.58. The van der Waals surface area contributed by atoms with Gasteiger partial charge < -0.3 is 14.5 Å². The first-order valence-corrected chi connectivity index (χ1v) is 7.83. The second-order valence-electron chi connectivity index (χ2n) is 3.67. The third kappa shape index (κ3) is 3.93. The van der Waals surface area contributed by atoms with Crippen LogP contribution in [0.25, 0.3) is 0 Å². The van der Waals surface area contributed by atoms with Crippen molar-refractivity contribution in [3.63, 3.8) is 0 Å². The molecule has 1 heterocycles. The first-order valence-electron chi connectivity index (χ1n) is 5.15. The molecule has 0 aliphatic carbocycles. The maximum atomic E-state index is 10.4. The van der Waals surface area contributed by atoms with Crippen LogP contribution < -0.4 is 5.09 Å². The van der Waals surface area contributed by atoms with Gasteiger partial charge in [-0.25, -0.2) is 9.76 Å². The average Bonchev–Trinajstić information content (AvgIpc) is 2.15. The molecule has 1 rings (SSSR count). The molecule has 8 heteroatoms. The van der Waals surface area contributed by atoms with Gasteiger partial charge in [-0.2, -0.15) is 0 Å². The SMILES string of the molecule is CC1CC(O)N[P](O)(N(CCCl)CCCl)O1. The number of halogens is 2. The van der Waals surface area contributed by atoms with Crippen LogP contribution in [0.5, 0.6) is 0 Å². The molecule has 1 aliphatic heterocycles. The van der Waals surface area contributed by atoms with Gasteiger partial charge in [0.15, 0.2) is 0 Å². The quantitative estimate of drug-likeness (QED) is 0.524. The van der Waals surface area contributed by atoms with E-state index in [4.69, 9.17) is 27.7 Å². The zero-order valence-electron chi connectivity index (χ0n) is 9.14. The fourth-order valence-corrected chi connectivity index (χ4v) is 4.44. The predicted octanol–water partition coefficient (Wildman–Crippen LogP) is 1.15. The Morgan fingerprint density at radius 3 is 2.44 bits per heavy atom. The molecule has 97 valence electrons. The fraction of sp³-hybridized carbons (Fsp3) is 1.00. The van der Waals surface area contributed by atoms with Crippen LogP contribution >= 0.6 is 31.2 Å². The van der Waals surface area contributed by atoms with Crippen molar-refractivity contribution in [2.45, 2.75) is 25.7 Å². The minimum atomic E-state index is -2.95. The molecule has 0 saturated carbocycles. The highest BCUT2D eigenvalue weighted by molar-refractivity contribution is 7.61. The number of hydrogen-bond donors (Lipinski definition) is 3. The Hall–Kier alpha value is 0.810. The molecule has 16 heavy (non-hydrogen) atoms. The van der Waals surface area contributed by atoms with E-state index in [1.54, 1.807) is 4.67 Å². The lowest BCUT2D eigenvalue weighted by Crippen LogP contribution is -2.46. The van der Waals surface area contributed by atoms with Gasteiger partial charge in [0.25, 0.3) is 0 Å². The fourth-order valence-electron chi connectivity index (χ4n) is 1.61. The highest BCUT2D eigenvalue weighted by Gasteiger charge is 2.41. The first kappa shape index (κ1) is 14.9. The summed E-state index contributed by atoms with van der Waals surface area (Å²) < 4.78 is 7.19. The van der Waals surface area contributed by atoms with Crippen LogP contribution in [0, 0.1) is 0 Å². The third-order valence-corrected chi connectivity index (χ3v) is 5.06. The van der Waals surface area contributed by atoms with E-state index in [-0.39, 0.29) is 6.10 Å². The van der Waals surface area contributed by atoms with Crippen LogP contribution in [0.1, 0.15) is 13.3 Å². The normalized spacial score (nSPS) is 35.6. The van der Waals surface area contributed by atoms with E-state index in [1.165, 1.54) is 0 Å². The predicted molar refractivity (Wildman–Crippen MR) is 66.5 cm³/mol. The summed E-state index contributed by atoms with van der Waals surface area (Å²) in [4.78, 5) is 10.4. The van der Waals surface area contributed by atoms with Crippen LogP contribution in [0.2, 0.25) is 0 Å². The number of hydrogen-bond acceptors (Lipinski definition) is 5. The molecule has 3 N–H and O–H groups in total. The number of alkyl halides is 2. The molecular formula is C8H18Cl2N2O3P. The summed E-state index contributed by atoms with van der Waals surface area (Å²) in [5.41, 5.74) is 0. The van der Waals surface area contributed by atoms with Gasteiger partial charge in [-0.1, -0.05) is 0 Å². The lowest BCUT2D eigenvalue weighted by atomic mass is 10.3. The second-order valence-corrected chi connectivity index (χ2v) is 6.55. The lowest BCUT2D eigenvalue weighted by molar-refractivity contribution is 0.0400. The minimum Gasteiger partial charge on any atom is -0.378 e. The van der Waals surface area contributed by atoms with Crippen molar-refractivity contribution >= 4 is 31.2 Å². The molecule has 0 aromatic carbocycles. The van der Waals surface area contributed by atoms with E-state index in [2.05, 4.69) is 5.09 Å². The maximum absolute atomic E-state index is 10.4. The smallest absolute Gasteiger partial charge is 0.246 e. The first-order chi connectivity index (χ1) is 7.51. The van der Waals surface area contributed by atoms with E-state index in [0.29, 0.717) is 31.3 Å². The van der Waals surface area contributed by atoms with Crippen LogP contribution in [-0.4, -0.2) is 51.9 Å². The van der Waals surface area contributed by atoms with E-state index >= 15 is 0 Å². The Morgan fingerprint density at radius 1 is 1.44 bits per heavy atom. The van der Waals surface area contributed by atoms with Crippen LogP contribution in [0.4, 0.5) is 0 Å². The van der Waals surface area contributed by atoms with Crippen molar-refractivity contribution in [3.8, 4) is 0 Å². The summed E-state index contributed by atoms with van der Waals surface area (Å²) in [5, 5.41) is 12.3. The molecule has 1 aliphatic rings. The summed E-state index contributed by atoms with van der Waals surface area (Å²) in [6, 6.07) is 0. The van der Waals surface area contributed by atoms with Gasteiger partial charge in [0.2, 0.25) is 8.02 Å². The van der Waals surface area contributed by atoms with Crippen molar-refractivity contribution in [3.05, 3.63) is 0 Å². The van der Waals surface area contributed by atoms with E-state index < -0.39 is 14.2 Å². The maximum Gasteiger partial charge on any atom is 0.246 e. The minimum absolute atomic E-state index is 0.192. The molecule has 5 nitrogen and oxygen atoms in total. The Balaban J connectivity index is 2.70. The molecule has 1 saturated heterocycles. The Labute approximate surface area is 106 Å². The Bertz CT molecular complexity index is 209. The molecular weight excluding hydrogens is 274 g/mol. The summed E-state index contributed by atoms with van der Waals surface area (Å²) >= 11 is 11.3. The summed E-state index contributed by atoms with van der Waals surface area (Å²) in [5.74, 6) is 0.740. The number of rotatable bonds is 5. The molecule has 0 bridgehead atoms. The molecule has 1 radical (unpaired) electrons. The van der Waals surface area contributed by atoms with Gasteiger partial charge in [0, 0.05) is 31.3 Å². The van der Waals surface area contributed by atoms with Crippen molar-refractivity contribution in [2.24, 2.45) is 0 Å². The van der Waals surface area contributed by atoms with Gasteiger partial charge in [-0.05, 0) is 6.92 Å². The lowest BCUT2D eigenvalue weighted by Gasteiger charge is -2.46. The van der Waals surface area contributed by atoms with Gasteiger partial charge >= 0.3 is 0 Å². The number of aliphatic hydroxyl groups is 1. The van der Waals surface area contributed by atoms with Crippen LogP contribution in [-0.2, 0) is 4.52 Å². The molecule has 0 aromatic rings. The Kier molecular flexibility index (Phi) is 6.19. The molecule has 0 aromatic heterocycles. The zero-order chi connectivity index (χ0) is 12.2. The van der Waals surface area contributed by atoms with Crippen molar-refractivity contribution in [2.75, 3.05) is 24.8 Å². The topological polar surface area (TPSA) is 65.0 Å². The molecule has 0 amide bonds. The van der Waals surface area contributed by atoms with Crippen molar-refractivity contribution in [1.82, 2.24) is 9.76 Å². The molecule has 3 atom stereocenters. The average molecular weight is 292 g/mol. The Morgan fingerprint density at radius 2 is 2.00 bits per heavy atom. The van der Waals surface area contributed by atoms with Gasteiger partial charge in [0.05, 0.1) is 6.10 Å². The van der Waals surface area contributed by atoms with E-state index in [1.807, 2.05) is 6.92 Å². The van der Waals surface area contributed by atoms with E-state index in [9.17, 15) is 10.00 Å².